The third-order valence-corrected chi connectivity index (χ3v) is 8.33. The molecular formula is C15H21F3O2Si. The van der Waals surface area contributed by atoms with Crippen LogP contribution in [0, 0.1) is 0 Å². The van der Waals surface area contributed by atoms with Crippen molar-refractivity contribution in [1.82, 2.24) is 0 Å². The molecule has 1 rings (SSSR count). The van der Waals surface area contributed by atoms with Gasteiger partial charge in [0.25, 0.3) is 5.78 Å². The first-order valence-electron chi connectivity index (χ1n) is 6.69. The van der Waals surface area contributed by atoms with Gasteiger partial charge in [0.05, 0.1) is 6.61 Å². The smallest absolute Gasteiger partial charge is 0.413 e. The van der Waals surface area contributed by atoms with E-state index in [1.54, 1.807) is 6.07 Å². The van der Waals surface area contributed by atoms with Gasteiger partial charge < -0.3 is 4.43 Å². The second-order valence-electron chi connectivity index (χ2n) is 6.58. The van der Waals surface area contributed by atoms with Gasteiger partial charge in [-0.2, -0.15) is 13.2 Å². The molecule has 118 valence electrons. The van der Waals surface area contributed by atoms with Crippen LogP contribution in [0.5, 0.6) is 0 Å². The molecule has 0 heterocycles. The molecule has 0 aliphatic rings. The third kappa shape index (κ3) is 4.67. The number of rotatable bonds is 4. The Morgan fingerprint density at radius 3 is 2.24 bits per heavy atom. The van der Waals surface area contributed by atoms with Crippen LogP contribution >= 0.6 is 0 Å². The minimum atomic E-state index is -4.85. The Bertz CT molecular complexity index is 516. The van der Waals surface area contributed by atoms with Gasteiger partial charge in [-0.25, -0.2) is 0 Å². The molecule has 2 nitrogen and oxygen atoms in total. The van der Waals surface area contributed by atoms with Crippen LogP contribution in [0.4, 0.5) is 13.2 Å². The van der Waals surface area contributed by atoms with E-state index in [1.165, 1.54) is 18.2 Å². The van der Waals surface area contributed by atoms with Crippen LogP contribution in [0.15, 0.2) is 24.3 Å². The van der Waals surface area contributed by atoms with Crippen molar-refractivity contribution in [3.05, 3.63) is 35.4 Å². The summed E-state index contributed by atoms with van der Waals surface area (Å²) in [5, 5.41) is 0.0202. The predicted octanol–water partition coefficient (Wildman–Crippen LogP) is 4.95. The fourth-order valence-corrected chi connectivity index (χ4v) is 2.41. The molecule has 0 atom stereocenters. The first-order chi connectivity index (χ1) is 9.34. The molecule has 0 aliphatic heterocycles. The zero-order chi connectivity index (χ0) is 16.5. The van der Waals surface area contributed by atoms with Gasteiger partial charge >= 0.3 is 6.18 Å². The normalized spacial score (nSPS) is 13.3. The van der Waals surface area contributed by atoms with E-state index in [2.05, 4.69) is 33.9 Å². The molecule has 0 unspecified atom stereocenters. The molecule has 0 aliphatic carbocycles. The summed E-state index contributed by atoms with van der Waals surface area (Å²) in [6.07, 6.45) is -4.85. The van der Waals surface area contributed by atoms with E-state index < -0.39 is 20.3 Å². The van der Waals surface area contributed by atoms with Gasteiger partial charge in [0.2, 0.25) is 0 Å². The molecule has 1 aromatic carbocycles. The summed E-state index contributed by atoms with van der Waals surface area (Å²) < 4.78 is 43.2. The minimum Gasteiger partial charge on any atom is -0.413 e. The standard InChI is InChI=1S/C15H21F3O2Si/c1-14(2,3)21(4,5)20-10-11-7-6-8-12(9-11)13(19)15(16,17)18/h6-9H,10H2,1-5H3. The van der Waals surface area contributed by atoms with Crippen LogP contribution < -0.4 is 0 Å². The van der Waals surface area contributed by atoms with Crippen LogP contribution in [-0.4, -0.2) is 20.3 Å². The van der Waals surface area contributed by atoms with E-state index in [1.807, 2.05) is 0 Å². The topological polar surface area (TPSA) is 26.3 Å². The Kier molecular flexibility index (Phi) is 5.05. The lowest BCUT2D eigenvalue weighted by atomic mass is 10.1. The summed E-state index contributed by atoms with van der Waals surface area (Å²) in [6.45, 7) is 10.6. The highest BCUT2D eigenvalue weighted by atomic mass is 28.4. The molecule has 0 saturated carbocycles. The lowest BCUT2D eigenvalue weighted by molar-refractivity contribution is -0.0885. The summed E-state index contributed by atoms with van der Waals surface area (Å²) in [6, 6.07) is 5.54. The molecule has 0 aromatic heterocycles. The molecule has 0 bridgehead atoms. The molecule has 0 N–H and O–H groups in total. The number of benzene rings is 1. The SMILES string of the molecule is CC(C)(C)[Si](C)(C)OCc1cccc(C(=O)C(F)(F)F)c1. The van der Waals surface area contributed by atoms with E-state index >= 15 is 0 Å². The minimum absolute atomic E-state index is 0.0202. The molecule has 1 aromatic rings. The molecule has 21 heavy (non-hydrogen) atoms. The Morgan fingerprint density at radius 1 is 1.19 bits per heavy atom. The molecule has 0 radical (unpaired) electrons. The van der Waals surface area contributed by atoms with Crippen LogP contribution in [0.3, 0.4) is 0 Å². The molecule has 0 amide bonds. The number of carbonyl (C=O) groups is 1. The van der Waals surface area contributed by atoms with Gasteiger partial charge in [0.1, 0.15) is 0 Å². The first kappa shape index (κ1) is 17.9. The van der Waals surface area contributed by atoms with Crippen molar-refractivity contribution in [1.29, 1.82) is 0 Å². The largest absolute Gasteiger partial charge is 0.454 e. The average Bonchev–Trinajstić information content (AvgIpc) is 2.33. The van der Waals surface area contributed by atoms with Gasteiger partial charge in [0, 0.05) is 5.56 Å². The first-order valence-corrected chi connectivity index (χ1v) is 9.60. The highest BCUT2D eigenvalue weighted by molar-refractivity contribution is 6.74. The summed E-state index contributed by atoms with van der Waals surface area (Å²) in [5.74, 6) is -1.82. The second-order valence-corrected chi connectivity index (χ2v) is 11.4. The Balaban J connectivity index is 2.86. The lowest BCUT2D eigenvalue weighted by Gasteiger charge is -2.36. The molecule has 0 spiro atoms. The van der Waals surface area contributed by atoms with Gasteiger partial charge in [-0.05, 0) is 29.8 Å². The van der Waals surface area contributed by atoms with Crippen LogP contribution in [0.1, 0.15) is 36.7 Å². The summed E-state index contributed by atoms with van der Waals surface area (Å²) in [4.78, 5) is 11.2. The number of halogens is 3. The number of hydrogen-bond donors (Lipinski definition) is 0. The Labute approximate surface area is 124 Å². The summed E-state index contributed by atoms with van der Waals surface area (Å²) in [7, 11) is -1.98. The molecular weight excluding hydrogens is 297 g/mol. The Morgan fingerprint density at radius 2 is 1.76 bits per heavy atom. The molecule has 0 fully saturated rings. The van der Waals surface area contributed by atoms with Crippen molar-refractivity contribution in [2.24, 2.45) is 0 Å². The van der Waals surface area contributed by atoms with Crippen LogP contribution in [-0.2, 0) is 11.0 Å². The maximum absolute atomic E-state index is 12.4. The number of ketones is 1. The fraction of sp³-hybridized carbons (Fsp3) is 0.533. The van der Waals surface area contributed by atoms with Gasteiger partial charge in [-0.15, -0.1) is 0 Å². The summed E-state index contributed by atoms with van der Waals surface area (Å²) >= 11 is 0. The fourth-order valence-electron chi connectivity index (χ4n) is 1.45. The zero-order valence-electron chi connectivity index (χ0n) is 13.0. The zero-order valence-corrected chi connectivity index (χ0v) is 14.0. The van der Waals surface area contributed by atoms with Crippen LogP contribution in [0.25, 0.3) is 0 Å². The highest BCUT2D eigenvalue weighted by Gasteiger charge is 2.39. The van der Waals surface area contributed by atoms with Crippen molar-refractivity contribution in [2.75, 3.05) is 0 Å². The second kappa shape index (κ2) is 5.92. The van der Waals surface area contributed by atoms with Crippen LogP contribution in [0.2, 0.25) is 18.1 Å². The molecule has 0 saturated heterocycles. The maximum atomic E-state index is 12.4. The van der Waals surface area contributed by atoms with E-state index in [0.717, 1.165) is 0 Å². The highest BCUT2D eigenvalue weighted by Crippen LogP contribution is 2.37. The van der Waals surface area contributed by atoms with E-state index in [4.69, 9.17) is 4.43 Å². The van der Waals surface area contributed by atoms with E-state index in [0.29, 0.717) is 5.56 Å². The Hall–Kier alpha value is -1.14. The van der Waals surface area contributed by atoms with Gasteiger partial charge in [-0.3, -0.25) is 4.79 Å². The number of carbonyl (C=O) groups excluding carboxylic acids is 1. The van der Waals surface area contributed by atoms with Crippen molar-refractivity contribution in [3.63, 3.8) is 0 Å². The van der Waals surface area contributed by atoms with Crippen molar-refractivity contribution < 1.29 is 22.4 Å². The molecule has 6 heteroatoms. The number of hydrogen-bond acceptors (Lipinski definition) is 2. The van der Waals surface area contributed by atoms with Gasteiger partial charge in [-0.1, -0.05) is 39.0 Å². The average molecular weight is 318 g/mol. The number of Topliss-reactive ketones (excluding diaryl/α,β-unsaturated/α-hetero) is 1. The predicted molar refractivity (Wildman–Crippen MR) is 78.8 cm³/mol. The van der Waals surface area contributed by atoms with E-state index in [-0.39, 0.29) is 17.2 Å². The quantitative estimate of drug-likeness (QED) is 0.580. The summed E-state index contributed by atoms with van der Waals surface area (Å²) in [5.41, 5.74) is 0.230. The van der Waals surface area contributed by atoms with E-state index in [9.17, 15) is 18.0 Å². The van der Waals surface area contributed by atoms with Crippen molar-refractivity contribution in [3.8, 4) is 0 Å². The monoisotopic (exact) mass is 318 g/mol. The maximum Gasteiger partial charge on any atom is 0.454 e. The number of alkyl halides is 3. The van der Waals surface area contributed by atoms with Crippen molar-refractivity contribution in [2.45, 2.75) is 51.7 Å². The van der Waals surface area contributed by atoms with Crippen molar-refractivity contribution >= 4 is 14.1 Å². The third-order valence-electron chi connectivity index (χ3n) is 3.85. The van der Waals surface area contributed by atoms with Gasteiger partial charge in [0.15, 0.2) is 8.32 Å². The lowest BCUT2D eigenvalue weighted by Crippen LogP contribution is -2.40.